The lowest BCUT2D eigenvalue weighted by molar-refractivity contribution is -0.114. The number of unbranched alkanes of at least 4 members (excludes halogenated alkanes) is 7. The maximum absolute atomic E-state index is 10.6. The molecule has 1 aromatic carbocycles. The van der Waals surface area contributed by atoms with Crippen LogP contribution in [0.3, 0.4) is 0 Å². The number of carboxylic acid groups (broad SMARTS) is 1. The number of benzene rings is 1. The van der Waals surface area contributed by atoms with E-state index in [2.05, 4.69) is 19.2 Å². The Bertz CT molecular complexity index is 450. The molecule has 1 rings (SSSR count). The van der Waals surface area contributed by atoms with Gasteiger partial charge in [-0.1, -0.05) is 71.3 Å². The third-order valence-corrected chi connectivity index (χ3v) is 3.39. The van der Waals surface area contributed by atoms with E-state index < -0.39 is 5.97 Å². The lowest BCUT2D eigenvalue weighted by atomic mass is 10.1. The van der Waals surface area contributed by atoms with Crippen LogP contribution in [0.5, 0.6) is 0 Å². The van der Waals surface area contributed by atoms with Crippen molar-refractivity contribution in [1.82, 2.24) is 0 Å². The van der Waals surface area contributed by atoms with Gasteiger partial charge in [0.15, 0.2) is 0 Å². The summed E-state index contributed by atoms with van der Waals surface area (Å²) in [6.45, 7) is 5.91. The van der Waals surface area contributed by atoms with Gasteiger partial charge in [-0.25, -0.2) is 4.79 Å². The Balaban J connectivity index is 0.000000438. The highest BCUT2D eigenvalue weighted by molar-refractivity contribution is 5.92. The molecule has 1 aromatic rings. The number of carbonyl (C=O) groups excluding carboxylic acids is 1. The molecule has 0 saturated heterocycles. The van der Waals surface area contributed by atoms with E-state index in [1.165, 1.54) is 70.4 Å². The van der Waals surface area contributed by atoms with Crippen LogP contribution in [-0.2, 0) is 4.79 Å². The molecule has 0 bridgehead atoms. The average Bonchev–Trinajstić information content (AvgIpc) is 2.51. The average molecular weight is 321 g/mol. The van der Waals surface area contributed by atoms with Crippen molar-refractivity contribution in [2.24, 2.45) is 0 Å². The van der Waals surface area contributed by atoms with E-state index in [1.54, 1.807) is 12.1 Å². The zero-order valence-electron chi connectivity index (χ0n) is 14.7. The van der Waals surface area contributed by atoms with Gasteiger partial charge in [0.25, 0.3) is 0 Å². The van der Waals surface area contributed by atoms with Crippen molar-refractivity contribution in [3.8, 4) is 0 Å². The van der Waals surface area contributed by atoms with Crippen LogP contribution in [0.25, 0.3) is 0 Å². The van der Waals surface area contributed by atoms with Crippen molar-refractivity contribution < 1.29 is 14.7 Å². The SMILES string of the molecule is CC(=O)Nc1cccc(C(=O)O)c1.CCCCCCCCCC. The van der Waals surface area contributed by atoms with Crippen LogP contribution in [0, 0.1) is 0 Å². The highest BCUT2D eigenvalue weighted by Crippen LogP contribution is 2.10. The van der Waals surface area contributed by atoms with Crippen molar-refractivity contribution in [2.45, 2.75) is 72.1 Å². The van der Waals surface area contributed by atoms with Gasteiger partial charge in [-0.05, 0) is 18.2 Å². The van der Waals surface area contributed by atoms with E-state index in [4.69, 9.17) is 5.11 Å². The van der Waals surface area contributed by atoms with Crippen molar-refractivity contribution in [2.75, 3.05) is 5.32 Å². The van der Waals surface area contributed by atoms with Crippen LogP contribution < -0.4 is 5.32 Å². The normalized spacial score (nSPS) is 9.70. The Morgan fingerprint density at radius 1 is 0.957 bits per heavy atom. The van der Waals surface area contributed by atoms with Crippen LogP contribution in [0.2, 0.25) is 0 Å². The number of hydrogen-bond donors (Lipinski definition) is 2. The molecule has 1 amide bonds. The second-order valence-electron chi connectivity index (χ2n) is 5.69. The van der Waals surface area contributed by atoms with Gasteiger partial charge in [0, 0.05) is 12.6 Å². The van der Waals surface area contributed by atoms with E-state index in [9.17, 15) is 9.59 Å². The van der Waals surface area contributed by atoms with Crippen LogP contribution in [-0.4, -0.2) is 17.0 Å². The molecule has 0 spiro atoms. The number of aromatic carboxylic acids is 1. The Hall–Kier alpha value is -1.84. The van der Waals surface area contributed by atoms with Gasteiger partial charge in [-0.15, -0.1) is 0 Å². The molecule has 0 aromatic heterocycles. The second kappa shape index (κ2) is 13.8. The maximum atomic E-state index is 10.6. The van der Waals surface area contributed by atoms with Gasteiger partial charge in [0.2, 0.25) is 5.91 Å². The summed E-state index contributed by atoms with van der Waals surface area (Å²) in [5.41, 5.74) is 0.652. The molecule has 0 radical (unpaired) electrons. The van der Waals surface area contributed by atoms with Crippen molar-refractivity contribution >= 4 is 17.6 Å². The number of carbonyl (C=O) groups is 2. The predicted octanol–water partition coefficient (Wildman–Crippen LogP) is 5.49. The Morgan fingerprint density at radius 3 is 1.91 bits per heavy atom. The monoisotopic (exact) mass is 321 g/mol. The lowest BCUT2D eigenvalue weighted by Crippen LogP contribution is -2.06. The van der Waals surface area contributed by atoms with Gasteiger partial charge >= 0.3 is 5.97 Å². The van der Waals surface area contributed by atoms with Crippen molar-refractivity contribution in [3.63, 3.8) is 0 Å². The van der Waals surface area contributed by atoms with E-state index in [-0.39, 0.29) is 11.5 Å². The molecule has 0 unspecified atom stereocenters. The van der Waals surface area contributed by atoms with E-state index in [0.717, 1.165) is 0 Å². The summed E-state index contributed by atoms with van der Waals surface area (Å²) in [6, 6.07) is 6.08. The fraction of sp³-hybridized carbons (Fsp3) is 0.579. The van der Waals surface area contributed by atoms with Crippen LogP contribution in [0.15, 0.2) is 24.3 Å². The molecule has 23 heavy (non-hydrogen) atoms. The smallest absolute Gasteiger partial charge is 0.335 e. The quantitative estimate of drug-likeness (QED) is 0.591. The number of nitrogens with one attached hydrogen (secondary N) is 1. The fourth-order valence-electron chi connectivity index (χ4n) is 2.14. The largest absolute Gasteiger partial charge is 0.478 e. The Kier molecular flexibility index (Phi) is 12.7. The number of hydrogen-bond acceptors (Lipinski definition) is 2. The first-order valence-electron chi connectivity index (χ1n) is 8.62. The molecular weight excluding hydrogens is 290 g/mol. The first kappa shape index (κ1) is 21.2. The number of anilines is 1. The summed E-state index contributed by atoms with van der Waals surface area (Å²) in [4.78, 5) is 21.2. The third kappa shape index (κ3) is 12.4. The summed E-state index contributed by atoms with van der Waals surface area (Å²) >= 11 is 0. The standard InChI is InChI=1S/C10H22.C9H9NO3/c1-3-5-7-9-10-8-6-4-2;1-6(11)10-8-4-2-3-7(5-8)9(12)13/h3-10H2,1-2H3;2-5H,1H3,(H,10,11)(H,12,13). The predicted molar refractivity (Wildman–Crippen MR) is 96.0 cm³/mol. The van der Waals surface area contributed by atoms with Crippen LogP contribution in [0.4, 0.5) is 5.69 Å². The summed E-state index contributed by atoms with van der Waals surface area (Å²) in [6.07, 6.45) is 11.5. The van der Waals surface area contributed by atoms with E-state index in [0.29, 0.717) is 5.69 Å². The maximum Gasteiger partial charge on any atom is 0.335 e. The van der Waals surface area contributed by atoms with Gasteiger partial charge in [0.05, 0.1) is 5.56 Å². The molecule has 4 heteroatoms. The zero-order valence-corrected chi connectivity index (χ0v) is 14.7. The van der Waals surface area contributed by atoms with Gasteiger partial charge in [0.1, 0.15) is 0 Å². The van der Waals surface area contributed by atoms with Gasteiger partial charge < -0.3 is 10.4 Å². The molecule has 2 N–H and O–H groups in total. The Morgan fingerprint density at radius 2 is 1.48 bits per heavy atom. The zero-order chi connectivity index (χ0) is 17.5. The fourth-order valence-corrected chi connectivity index (χ4v) is 2.14. The van der Waals surface area contributed by atoms with E-state index in [1.807, 2.05) is 0 Å². The molecule has 0 heterocycles. The second-order valence-corrected chi connectivity index (χ2v) is 5.69. The third-order valence-electron chi connectivity index (χ3n) is 3.39. The van der Waals surface area contributed by atoms with Gasteiger partial charge in [-0.3, -0.25) is 4.79 Å². The van der Waals surface area contributed by atoms with Gasteiger partial charge in [-0.2, -0.15) is 0 Å². The number of carboxylic acids is 1. The highest BCUT2D eigenvalue weighted by atomic mass is 16.4. The highest BCUT2D eigenvalue weighted by Gasteiger charge is 2.03. The molecule has 0 aliphatic rings. The molecule has 0 aliphatic carbocycles. The topological polar surface area (TPSA) is 66.4 Å². The molecule has 0 aliphatic heterocycles. The first-order chi connectivity index (χ1) is 11.0. The minimum atomic E-state index is -1.01. The minimum Gasteiger partial charge on any atom is -0.478 e. The Labute approximate surface area is 140 Å². The lowest BCUT2D eigenvalue weighted by Gasteiger charge is -2.01. The summed E-state index contributed by atoms with van der Waals surface area (Å²) in [5.74, 6) is -1.23. The summed E-state index contributed by atoms with van der Waals surface area (Å²) in [5, 5.41) is 11.1. The van der Waals surface area contributed by atoms with Crippen LogP contribution >= 0.6 is 0 Å². The molecule has 0 fully saturated rings. The molecule has 130 valence electrons. The van der Waals surface area contributed by atoms with Crippen LogP contribution in [0.1, 0.15) is 82.5 Å². The molecule has 0 atom stereocenters. The molecule has 4 nitrogen and oxygen atoms in total. The summed E-state index contributed by atoms with van der Waals surface area (Å²) < 4.78 is 0. The van der Waals surface area contributed by atoms with Crippen molar-refractivity contribution in [3.05, 3.63) is 29.8 Å². The number of rotatable bonds is 9. The first-order valence-corrected chi connectivity index (χ1v) is 8.62. The minimum absolute atomic E-state index is 0.159. The number of amides is 1. The molecule has 0 saturated carbocycles. The van der Waals surface area contributed by atoms with E-state index >= 15 is 0 Å². The van der Waals surface area contributed by atoms with Crippen molar-refractivity contribution in [1.29, 1.82) is 0 Å². The summed E-state index contributed by atoms with van der Waals surface area (Å²) in [7, 11) is 0. The molecular formula is C19H31NO3.